The molecule has 0 aliphatic carbocycles. The van der Waals surface area contributed by atoms with Gasteiger partial charge in [-0.1, -0.05) is 29.8 Å². The average molecular weight is 251 g/mol. The van der Waals surface area contributed by atoms with Gasteiger partial charge in [-0.15, -0.1) is 0 Å². The van der Waals surface area contributed by atoms with Gasteiger partial charge in [0, 0.05) is 18.2 Å². The van der Waals surface area contributed by atoms with Gasteiger partial charge < -0.3 is 0 Å². The second-order valence-corrected chi connectivity index (χ2v) is 4.58. The predicted molar refractivity (Wildman–Crippen MR) is 72.4 cm³/mol. The molecule has 4 nitrogen and oxygen atoms in total. The molecule has 0 unspecified atom stereocenters. The molecular weight excluding hydrogens is 238 g/mol. The smallest absolute Gasteiger partial charge is 0.156 e. The number of pyridine rings is 1. The Morgan fingerprint density at radius 3 is 2.95 bits per heavy atom. The highest BCUT2D eigenvalue weighted by Gasteiger charge is 2.05. The predicted octanol–water partition coefficient (Wildman–Crippen LogP) is 2.44. The van der Waals surface area contributed by atoms with Crippen LogP contribution in [0, 0.1) is 6.92 Å². The van der Waals surface area contributed by atoms with Crippen molar-refractivity contribution in [1.29, 1.82) is 0 Å². The molecule has 3 rings (SSSR count). The maximum Gasteiger partial charge on any atom is 0.156 e. The summed E-state index contributed by atoms with van der Waals surface area (Å²) in [4.78, 5) is 15.2. The first-order valence-corrected chi connectivity index (χ1v) is 6.10. The molecule has 0 bridgehead atoms. The first-order valence-electron chi connectivity index (χ1n) is 6.10. The second-order valence-electron chi connectivity index (χ2n) is 4.58. The Morgan fingerprint density at radius 2 is 2.16 bits per heavy atom. The standard InChI is InChI=1S/C15H13N3O/c1-11-3-2-4-12(7-11)8-14-16-15-6-5-13(10-19)9-18(15)17-14/h2-7,9-10H,8H2,1H3. The van der Waals surface area contributed by atoms with Crippen LogP contribution in [0.5, 0.6) is 0 Å². The van der Waals surface area contributed by atoms with Crippen LogP contribution < -0.4 is 0 Å². The van der Waals surface area contributed by atoms with Crippen LogP contribution in [0.15, 0.2) is 42.6 Å². The minimum atomic E-state index is 0.597. The van der Waals surface area contributed by atoms with Crippen LogP contribution >= 0.6 is 0 Å². The number of carbonyl (C=O) groups excluding carboxylic acids is 1. The van der Waals surface area contributed by atoms with Crippen LogP contribution in [0.2, 0.25) is 0 Å². The monoisotopic (exact) mass is 251 g/mol. The number of fused-ring (bicyclic) bond motifs is 1. The van der Waals surface area contributed by atoms with Gasteiger partial charge in [-0.25, -0.2) is 9.50 Å². The Balaban J connectivity index is 1.95. The highest BCUT2D eigenvalue weighted by molar-refractivity contribution is 5.74. The van der Waals surface area contributed by atoms with Crippen molar-refractivity contribution in [1.82, 2.24) is 14.6 Å². The van der Waals surface area contributed by atoms with Crippen LogP contribution in [0.4, 0.5) is 0 Å². The number of aryl methyl sites for hydroxylation is 1. The first-order chi connectivity index (χ1) is 9.24. The van der Waals surface area contributed by atoms with Gasteiger partial charge >= 0.3 is 0 Å². The first kappa shape index (κ1) is 11.6. The number of hydrogen-bond acceptors (Lipinski definition) is 3. The van der Waals surface area contributed by atoms with E-state index in [0.717, 1.165) is 17.8 Å². The molecule has 3 aromatic rings. The van der Waals surface area contributed by atoms with Crippen molar-refractivity contribution < 1.29 is 4.79 Å². The van der Waals surface area contributed by atoms with Gasteiger partial charge in [-0.05, 0) is 24.6 Å². The van der Waals surface area contributed by atoms with Crippen LogP contribution in [-0.2, 0) is 6.42 Å². The maximum atomic E-state index is 10.7. The molecule has 4 heteroatoms. The van der Waals surface area contributed by atoms with Crippen LogP contribution in [0.1, 0.15) is 27.3 Å². The molecule has 0 aliphatic heterocycles. The lowest BCUT2D eigenvalue weighted by atomic mass is 10.1. The van der Waals surface area contributed by atoms with Crippen LogP contribution in [-0.4, -0.2) is 20.9 Å². The van der Waals surface area contributed by atoms with E-state index in [2.05, 4.69) is 35.2 Å². The SMILES string of the molecule is Cc1cccc(Cc2nc3ccc(C=O)cn3n2)c1. The third kappa shape index (κ3) is 2.38. The highest BCUT2D eigenvalue weighted by atomic mass is 16.1. The Bertz CT molecular complexity index is 746. The van der Waals surface area contributed by atoms with Gasteiger partial charge in [0.25, 0.3) is 0 Å². The zero-order valence-electron chi connectivity index (χ0n) is 10.6. The summed E-state index contributed by atoms with van der Waals surface area (Å²) >= 11 is 0. The van der Waals surface area contributed by atoms with Crippen molar-refractivity contribution in [2.75, 3.05) is 0 Å². The van der Waals surface area contributed by atoms with Gasteiger partial charge in [0.1, 0.15) is 0 Å². The van der Waals surface area contributed by atoms with E-state index >= 15 is 0 Å². The Kier molecular flexibility index (Phi) is 2.83. The molecule has 19 heavy (non-hydrogen) atoms. The molecule has 0 saturated heterocycles. The molecule has 0 atom stereocenters. The lowest BCUT2D eigenvalue weighted by Crippen LogP contribution is -1.93. The Morgan fingerprint density at radius 1 is 1.26 bits per heavy atom. The lowest BCUT2D eigenvalue weighted by molar-refractivity contribution is 0.112. The van der Waals surface area contributed by atoms with Crippen molar-refractivity contribution in [3.05, 3.63) is 65.1 Å². The summed E-state index contributed by atoms with van der Waals surface area (Å²) in [6.45, 7) is 2.07. The summed E-state index contributed by atoms with van der Waals surface area (Å²) in [5.41, 5.74) is 3.77. The van der Waals surface area contributed by atoms with Crippen molar-refractivity contribution >= 4 is 11.9 Å². The van der Waals surface area contributed by atoms with Crippen molar-refractivity contribution in [3.63, 3.8) is 0 Å². The summed E-state index contributed by atoms with van der Waals surface area (Å²) < 4.78 is 1.65. The molecule has 94 valence electrons. The average Bonchev–Trinajstić information content (AvgIpc) is 2.79. The fourth-order valence-electron chi connectivity index (χ4n) is 2.09. The topological polar surface area (TPSA) is 47.3 Å². The number of rotatable bonds is 3. The summed E-state index contributed by atoms with van der Waals surface area (Å²) in [7, 11) is 0. The van der Waals surface area contributed by atoms with E-state index in [1.54, 1.807) is 22.8 Å². The summed E-state index contributed by atoms with van der Waals surface area (Å²) in [6.07, 6.45) is 3.19. The van der Waals surface area contributed by atoms with E-state index in [4.69, 9.17) is 0 Å². The molecular formula is C15H13N3O. The quantitative estimate of drug-likeness (QED) is 0.672. The molecule has 0 N–H and O–H groups in total. The second kappa shape index (κ2) is 4.65. The third-order valence-corrected chi connectivity index (χ3v) is 2.98. The zero-order valence-corrected chi connectivity index (χ0v) is 10.6. The van der Waals surface area contributed by atoms with E-state index in [0.29, 0.717) is 12.0 Å². The maximum absolute atomic E-state index is 10.7. The van der Waals surface area contributed by atoms with Gasteiger partial charge in [0.15, 0.2) is 17.8 Å². The van der Waals surface area contributed by atoms with Crippen LogP contribution in [0.3, 0.4) is 0 Å². The molecule has 1 aromatic carbocycles. The number of aldehydes is 1. The van der Waals surface area contributed by atoms with E-state index in [1.165, 1.54) is 11.1 Å². The number of aromatic nitrogens is 3. The number of nitrogens with zero attached hydrogens (tertiary/aromatic N) is 3. The van der Waals surface area contributed by atoms with Crippen LogP contribution in [0.25, 0.3) is 5.65 Å². The van der Waals surface area contributed by atoms with E-state index in [-0.39, 0.29) is 0 Å². The van der Waals surface area contributed by atoms with E-state index < -0.39 is 0 Å². The van der Waals surface area contributed by atoms with Crippen molar-refractivity contribution in [2.45, 2.75) is 13.3 Å². The largest absolute Gasteiger partial charge is 0.298 e. The fourth-order valence-corrected chi connectivity index (χ4v) is 2.09. The van der Waals surface area contributed by atoms with Gasteiger partial charge in [0.05, 0.1) is 0 Å². The van der Waals surface area contributed by atoms with Crippen molar-refractivity contribution in [2.24, 2.45) is 0 Å². The minimum Gasteiger partial charge on any atom is -0.298 e. The normalized spacial score (nSPS) is 10.8. The lowest BCUT2D eigenvalue weighted by Gasteiger charge is -1.98. The minimum absolute atomic E-state index is 0.597. The Hall–Kier alpha value is -2.49. The number of hydrogen-bond donors (Lipinski definition) is 0. The molecule has 0 amide bonds. The fraction of sp³-hybridized carbons (Fsp3) is 0.133. The van der Waals surface area contributed by atoms with Gasteiger partial charge in [0.2, 0.25) is 0 Å². The molecule has 0 fully saturated rings. The molecule has 0 saturated carbocycles. The summed E-state index contributed by atoms with van der Waals surface area (Å²) in [6, 6.07) is 11.8. The van der Waals surface area contributed by atoms with Gasteiger partial charge in [-0.3, -0.25) is 4.79 Å². The molecule has 0 radical (unpaired) electrons. The molecule has 2 aromatic heterocycles. The van der Waals surface area contributed by atoms with E-state index in [1.807, 2.05) is 6.07 Å². The van der Waals surface area contributed by atoms with E-state index in [9.17, 15) is 4.79 Å². The van der Waals surface area contributed by atoms with Crippen molar-refractivity contribution in [3.8, 4) is 0 Å². The molecule has 0 aliphatic rings. The Labute approximate surface area is 110 Å². The number of carbonyl (C=O) groups is 1. The molecule has 2 heterocycles. The summed E-state index contributed by atoms with van der Waals surface area (Å²) in [5.74, 6) is 0.758. The summed E-state index contributed by atoms with van der Waals surface area (Å²) in [5, 5.41) is 4.39. The zero-order chi connectivity index (χ0) is 13.2. The highest BCUT2D eigenvalue weighted by Crippen LogP contribution is 2.10. The van der Waals surface area contributed by atoms with Gasteiger partial charge in [-0.2, -0.15) is 5.10 Å². The number of benzene rings is 1. The molecule has 0 spiro atoms. The third-order valence-electron chi connectivity index (χ3n) is 2.98.